The first-order valence-corrected chi connectivity index (χ1v) is 5.38. The fourth-order valence-corrected chi connectivity index (χ4v) is 1.35. The Hall–Kier alpha value is -1.16. The predicted molar refractivity (Wildman–Crippen MR) is 59.8 cm³/mol. The number of ether oxygens (including phenoxy) is 1. The van der Waals surface area contributed by atoms with Gasteiger partial charge in [-0.3, -0.25) is 4.98 Å². The standard InChI is InChI=1S/C11H19N3O/c1-4-5-9(2)15-11-8-13-10(6-12-3)7-14-11/h7-9,12H,4-6H2,1-3H3. The molecule has 84 valence electrons. The first-order chi connectivity index (χ1) is 7.26. The van der Waals surface area contributed by atoms with E-state index in [0.717, 1.165) is 25.1 Å². The van der Waals surface area contributed by atoms with Crippen molar-refractivity contribution in [1.82, 2.24) is 15.3 Å². The fraction of sp³-hybridized carbons (Fsp3) is 0.636. The molecule has 0 aliphatic carbocycles. The van der Waals surface area contributed by atoms with Gasteiger partial charge in [0.05, 0.1) is 24.2 Å². The third kappa shape index (κ3) is 4.25. The van der Waals surface area contributed by atoms with E-state index in [4.69, 9.17) is 4.74 Å². The van der Waals surface area contributed by atoms with E-state index in [-0.39, 0.29) is 6.10 Å². The van der Waals surface area contributed by atoms with Crippen LogP contribution in [0.3, 0.4) is 0 Å². The van der Waals surface area contributed by atoms with Gasteiger partial charge in [0, 0.05) is 6.54 Å². The van der Waals surface area contributed by atoms with E-state index in [1.807, 2.05) is 14.0 Å². The summed E-state index contributed by atoms with van der Waals surface area (Å²) in [6.07, 6.45) is 5.79. The van der Waals surface area contributed by atoms with Crippen molar-refractivity contribution >= 4 is 0 Å². The number of hydrogen-bond acceptors (Lipinski definition) is 4. The summed E-state index contributed by atoms with van der Waals surface area (Å²) in [4.78, 5) is 8.43. The SMILES string of the molecule is CCCC(C)Oc1cnc(CNC)cn1. The maximum absolute atomic E-state index is 5.59. The van der Waals surface area contributed by atoms with Crippen molar-refractivity contribution in [1.29, 1.82) is 0 Å². The van der Waals surface area contributed by atoms with Crippen molar-refractivity contribution < 1.29 is 4.74 Å². The molecule has 0 amide bonds. The van der Waals surface area contributed by atoms with Crippen LogP contribution in [0.15, 0.2) is 12.4 Å². The molecule has 0 fully saturated rings. The molecule has 0 aliphatic heterocycles. The van der Waals surface area contributed by atoms with Gasteiger partial charge in [-0.15, -0.1) is 0 Å². The van der Waals surface area contributed by atoms with E-state index in [1.165, 1.54) is 0 Å². The summed E-state index contributed by atoms with van der Waals surface area (Å²) in [5.41, 5.74) is 0.924. The van der Waals surface area contributed by atoms with E-state index in [1.54, 1.807) is 12.4 Å². The van der Waals surface area contributed by atoms with Gasteiger partial charge in [-0.2, -0.15) is 0 Å². The molecule has 1 heterocycles. The molecule has 1 rings (SSSR count). The lowest BCUT2D eigenvalue weighted by molar-refractivity contribution is 0.200. The van der Waals surface area contributed by atoms with Gasteiger partial charge >= 0.3 is 0 Å². The summed E-state index contributed by atoms with van der Waals surface area (Å²) < 4.78 is 5.59. The largest absolute Gasteiger partial charge is 0.474 e. The van der Waals surface area contributed by atoms with Gasteiger partial charge in [0.1, 0.15) is 0 Å². The Bertz CT molecular complexity index is 274. The molecule has 0 aromatic carbocycles. The van der Waals surface area contributed by atoms with E-state index in [9.17, 15) is 0 Å². The third-order valence-electron chi connectivity index (χ3n) is 2.06. The van der Waals surface area contributed by atoms with E-state index < -0.39 is 0 Å². The highest BCUT2D eigenvalue weighted by molar-refractivity contribution is 5.07. The molecule has 0 spiro atoms. The molecule has 0 bridgehead atoms. The number of hydrogen-bond donors (Lipinski definition) is 1. The lowest BCUT2D eigenvalue weighted by atomic mass is 10.2. The molecule has 15 heavy (non-hydrogen) atoms. The van der Waals surface area contributed by atoms with Crippen LogP contribution in [0.1, 0.15) is 32.4 Å². The molecule has 1 aromatic heterocycles. The van der Waals surface area contributed by atoms with E-state index in [0.29, 0.717) is 5.88 Å². The van der Waals surface area contributed by atoms with E-state index in [2.05, 4.69) is 22.2 Å². The van der Waals surface area contributed by atoms with Gasteiger partial charge in [-0.25, -0.2) is 4.98 Å². The van der Waals surface area contributed by atoms with Crippen LogP contribution in [0.5, 0.6) is 5.88 Å². The molecule has 1 aromatic rings. The molecule has 4 nitrogen and oxygen atoms in total. The van der Waals surface area contributed by atoms with Crippen molar-refractivity contribution in [3.05, 3.63) is 18.1 Å². The first-order valence-electron chi connectivity index (χ1n) is 5.38. The Morgan fingerprint density at radius 1 is 1.40 bits per heavy atom. The Kier molecular flexibility index (Phi) is 5.04. The number of rotatable bonds is 6. The zero-order valence-corrected chi connectivity index (χ0v) is 9.66. The summed E-state index contributed by atoms with van der Waals surface area (Å²) in [6.45, 7) is 4.92. The van der Waals surface area contributed by atoms with Gasteiger partial charge in [0.2, 0.25) is 5.88 Å². The zero-order valence-electron chi connectivity index (χ0n) is 9.66. The van der Waals surface area contributed by atoms with Crippen LogP contribution in [0, 0.1) is 0 Å². The average molecular weight is 209 g/mol. The quantitative estimate of drug-likeness (QED) is 0.775. The number of nitrogens with zero attached hydrogens (tertiary/aromatic N) is 2. The summed E-state index contributed by atoms with van der Waals surface area (Å²) >= 11 is 0. The Labute approximate surface area is 91.1 Å². The van der Waals surface area contributed by atoms with Crippen LogP contribution in [-0.4, -0.2) is 23.1 Å². The monoisotopic (exact) mass is 209 g/mol. The molecule has 0 saturated heterocycles. The van der Waals surface area contributed by atoms with E-state index >= 15 is 0 Å². The number of nitrogens with one attached hydrogen (secondary N) is 1. The average Bonchev–Trinajstić information content (AvgIpc) is 2.22. The second-order valence-corrected chi connectivity index (χ2v) is 3.59. The van der Waals surface area contributed by atoms with Gasteiger partial charge in [0.25, 0.3) is 0 Å². The Morgan fingerprint density at radius 2 is 2.20 bits per heavy atom. The first kappa shape index (κ1) is 11.9. The lowest BCUT2D eigenvalue weighted by Gasteiger charge is -2.12. The minimum absolute atomic E-state index is 0.208. The maximum Gasteiger partial charge on any atom is 0.232 e. The second-order valence-electron chi connectivity index (χ2n) is 3.59. The summed E-state index contributed by atoms with van der Waals surface area (Å²) in [7, 11) is 1.88. The summed E-state index contributed by atoms with van der Waals surface area (Å²) in [6, 6.07) is 0. The fourth-order valence-electron chi connectivity index (χ4n) is 1.35. The van der Waals surface area contributed by atoms with Crippen molar-refractivity contribution in [3.63, 3.8) is 0 Å². The second kappa shape index (κ2) is 6.35. The van der Waals surface area contributed by atoms with Crippen molar-refractivity contribution in [3.8, 4) is 5.88 Å². The van der Waals surface area contributed by atoms with Gasteiger partial charge < -0.3 is 10.1 Å². The smallest absolute Gasteiger partial charge is 0.232 e. The highest BCUT2D eigenvalue weighted by atomic mass is 16.5. The summed E-state index contributed by atoms with van der Waals surface area (Å²) in [5, 5.41) is 3.02. The molecule has 0 radical (unpaired) electrons. The Balaban J connectivity index is 2.48. The number of aromatic nitrogens is 2. The highest BCUT2D eigenvalue weighted by Gasteiger charge is 2.03. The van der Waals surface area contributed by atoms with Gasteiger partial charge in [0.15, 0.2) is 0 Å². The minimum Gasteiger partial charge on any atom is -0.474 e. The van der Waals surface area contributed by atoms with Gasteiger partial charge in [-0.1, -0.05) is 13.3 Å². The summed E-state index contributed by atoms with van der Waals surface area (Å²) in [5.74, 6) is 0.607. The molecule has 0 aliphatic rings. The van der Waals surface area contributed by atoms with Crippen LogP contribution in [0.2, 0.25) is 0 Å². The molecule has 1 atom stereocenters. The normalized spacial score (nSPS) is 12.5. The van der Waals surface area contributed by atoms with Crippen LogP contribution in [0.4, 0.5) is 0 Å². The van der Waals surface area contributed by atoms with Crippen LogP contribution in [-0.2, 0) is 6.54 Å². The third-order valence-corrected chi connectivity index (χ3v) is 2.06. The van der Waals surface area contributed by atoms with Crippen LogP contribution in [0.25, 0.3) is 0 Å². The molecule has 1 unspecified atom stereocenters. The Morgan fingerprint density at radius 3 is 2.73 bits per heavy atom. The van der Waals surface area contributed by atoms with Crippen LogP contribution >= 0.6 is 0 Å². The van der Waals surface area contributed by atoms with Crippen molar-refractivity contribution in [2.45, 2.75) is 39.3 Å². The van der Waals surface area contributed by atoms with Crippen molar-refractivity contribution in [2.75, 3.05) is 7.05 Å². The minimum atomic E-state index is 0.208. The molecular weight excluding hydrogens is 190 g/mol. The van der Waals surface area contributed by atoms with Gasteiger partial charge in [-0.05, 0) is 20.4 Å². The zero-order chi connectivity index (χ0) is 11.1. The maximum atomic E-state index is 5.59. The molecule has 4 heteroatoms. The molecular formula is C11H19N3O. The topological polar surface area (TPSA) is 47.0 Å². The van der Waals surface area contributed by atoms with Crippen molar-refractivity contribution in [2.24, 2.45) is 0 Å². The lowest BCUT2D eigenvalue weighted by Crippen LogP contribution is -2.13. The molecule has 1 N–H and O–H groups in total. The molecule has 0 saturated carbocycles. The van der Waals surface area contributed by atoms with Crippen LogP contribution < -0.4 is 10.1 Å². The predicted octanol–water partition coefficient (Wildman–Crippen LogP) is 1.76. The highest BCUT2D eigenvalue weighted by Crippen LogP contribution is 2.09.